The van der Waals surface area contributed by atoms with Gasteiger partial charge in [0.1, 0.15) is 0 Å². The van der Waals surface area contributed by atoms with Gasteiger partial charge in [0.05, 0.1) is 5.69 Å². The molecule has 10 aromatic carbocycles. The smallest absolute Gasteiger partial charge is 0.0618 e. The van der Waals surface area contributed by atoms with Crippen LogP contribution < -0.4 is 4.90 Å². The monoisotopic (exact) mass is 725 g/mol. The molecular formula is C56H39N. The Hall–Kier alpha value is -7.48. The second kappa shape index (κ2) is 15.0. The Bertz CT molecular complexity index is 2900. The van der Waals surface area contributed by atoms with E-state index >= 15 is 0 Å². The van der Waals surface area contributed by atoms with Gasteiger partial charge in [0.25, 0.3) is 0 Å². The van der Waals surface area contributed by atoms with Crippen molar-refractivity contribution in [3.05, 3.63) is 237 Å². The fourth-order valence-electron chi connectivity index (χ4n) is 8.54. The number of fused-ring (bicyclic) bond motifs is 3. The molecule has 1 nitrogen and oxygen atoms in total. The number of nitrogens with zero attached hydrogens (tertiary/aromatic N) is 1. The first-order valence-electron chi connectivity index (χ1n) is 19.6. The van der Waals surface area contributed by atoms with E-state index in [1.54, 1.807) is 0 Å². The predicted molar refractivity (Wildman–Crippen MR) is 243 cm³/mol. The molecule has 0 bridgehead atoms. The van der Waals surface area contributed by atoms with E-state index in [1.165, 1.54) is 77.2 Å². The topological polar surface area (TPSA) is 3.24 Å². The van der Waals surface area contributed by atoms with Crippen molar-refractivity contribution in [2.75, 3.05) is 4.90 Å². The molecule has 10 rings (SSSR count). The summed E-state index contributed by atoms with van der Waals surface area (Å²) in [5, 5.41) is 5.02. The Morgan fingerprint density at radius 1 is 0.228 bits per heavy atom. The van der Waals surface area contributed by atoms with E-state index in [9.17, 15) is 0 Å². The third-order valence-electron chi connectivity index (χ3n) is 11.1. The van der Waals surface area contributed by atoms with Crippen molar-refractivity contribution in [1.82, 2.24) is 0 Å². The van der Waals surface area contributed by atoms with Crippen LogP contribution in [-0.4, -0.2) is 0 Å². The van der Waals surface area contributed by atoms with E-state index in [2.05, 4.69) is 241 Å². The van der Waals surface area contributed by atoms with Crippen LogP contribution in [0.4, 0.5) is 17.1 Å². The van der Waals surface area contributed by atoms with Crippen LogP contribution in [0, 0.1) is 0 Å². The van der Waals surface area contributed by atoms with Crippen molar-refractivity contribution >= 4 is 38.6 Å². The summed E-state index contributed by atoms with van der Waals surface area (Å²) in [6, 6.07) is 85.6. The fraction of sp³-hybridized carbons (Fsp3) is 0. The highest BCUT2D eigenvalue weighted by Crippen LogP contribution is 2.49. The summed E-state index contributed by atoms with van der Waals surface area (Å²) in [4.78, 5) is 2.42. The number of benzene rings is 10. The number of hydrogen-bond donors (Lipinski definition) is 0. The Balaban J connectivity index is 1.22. The normalized spacial score (nSPS) is 11.2. The summed E-state index contributed by atoms with van der Waals surface area (Å²) in [7, 11) is 0. The zero-order valence-corrected chi connectivity index (χ0v) is 31.5. The summed E-state index contributed by atoms with van der Waals surface area (Å²) in [6.07, 6.45) is 0. The van der Waals surface area contributed by atoms with Crippen molar-refractivity contribution in [3.8, 4) is 55.6 Å². The summed E-state index contributed by atoms with van der Waals surface area (Å²) in [6.45, 7) is 0. The summed E-state index contributed by atoms with van der Waals surface area (Å²) >= 11 is 0. The molecule has 1 heteroatoms. The molecule has 0 spiro atoms. The molecule has 0 radical (unpaired) electrons. The van der Waals surface area contributed by atoms with Gasteiger partial charge in [-0.2, -0.15) is 0 Å². The first-order valence-corrected chi connectivity index (χ1v) is 19.6. The van der Waals surface area contributed by atoms with Crippen LogP contribution in [0.1, 0.15) is 0 Å². The van der Waals surface area contributed by atoms with E-state index in [1.807, 2.05) is 0 Å². The highest BCUT2D eigenvalue weighted by Gasteiger charge is 2.23. The number of anilines is 3. The minimum absolute atomic E-state index is 1.09. The lowest BCUT2D eigenvalue weighted by Gasteiger charge is -2.30. The van der Waals surface area contributed by atoms with Crippen LogP contribution in [0.3, 0.4) is 0 Å². The maximum Gasteiger partial charge on any atom is 0.0618 e. The molecule has 0 unspecified atom stereocenters. The average molecular weight is 726 g/mol. The maximum absolute atomic E-state index is 2.42. The molecular weight excluding hydrogens is 687 g/mol. The zero-order chi connectivity index (χ0) is 38.0. The van der Waals surface area contributed by atoms with Crippen molar-refractivity contribution < 1.29 is 0 Å². The fourth-order valence-corrected chi connectivity index (χ4v) is 8.54. The van der Waals surface area contributed by atoms with Crippen molar-refractivity contribution in [1.29, 1.82) is 0 Å². The predicted octanol–water partition coefficient (Wildman–Crippen LogP) is 15.8. The number of hydrogen-bond acceptors (Lipinski definition) is 1. The van der Waals surface area contributed by atoms with Crippen molar-refractivity contribution in [2.24, 2.45) is 0 Å². The second-order valence-electron chi connectivity index (χ2n) is 14.4. The summed E-state index contributed by atoms with van der Waals surface area (Å²) < 4.78 is 0. The SMILES string of the molecule is c1ccc(-c2cccc(-c3ccccc3)c2N(c2ccccc2)c2ccc(-c3cccc4c3c(-c3ccccc3)c(-c3ccccc3)c3ccccc34)cc2)cc1. The Kier molecular flexibility index (Phi) is 8.95. The molecule has 10 aromatic rings. The highest BCUT2D eigenvalue weighted by atomic mass is 15.1. The van der Waals surface area contributed by atoms with Gasteiger partial charge in [-0.3, -0.25) is 0 Å². The molecule has 57 heavy (non-hydrogen) atoms. The van der Waals surface area contributed by atoms with Gasteiger partial charge in [-0.1, -0.05) is 212 Å². The van der Waals surface area contributed by atoms with Crippen LogP contribution >= 0.6 is 0 Å². The molecule has 0 aliphatic heterocycles. The molecule has 0 aliphatic carbocycles. The largest absolute Gasteiger partial charge is 0.309 e. The molecule has 0 N–H and O–H groups in total. The third-order valence-corrected chi connectivity index (χ3v) is 11.1. The quantitative estimate of drug-likeness (QED) is 0.141. The Labute approximate surface area is 334 Å². The minimum atomic E-state index is 1.09. The number of para-hydroxylation sites is 2. The van der Waals surface area contributed by atoms with Crippen LogP contribution in [0.2, 0.25) is 0 Å². The first-order chi connectivity index (χ1) is 28.3. The summed E-state index contributed by atoms with van der Waals surface area (Å²) in [5.74, 6) is 0. The number of rotatable bonds is 8. The van der Waals surface area contributed by atoms with Gasteiger partial charge in [-0.25, -0.2) is 0 Å². The molecule has 0 fully saturated rings. The third kappa shape index (κ3) is 6.26. The molecule has 268 valence electrons. The van der Waals surface area contributed by atoms with Crippen molar-refractivity contribution in [3.63, 3.8) is 0 Å². The van der Waals surface area contributed by atoms with Crippen molar-refractivity contribution in [2.45, 2.75) is 0 Å². The standard InChI is InChI=1S/C56H39N/c1-6-20-40(21-7-1)48-33-19-34-49(41-22-8-2-9-23-41)56(48)57(45-28-14-5-15-29-45)46-38-36-42(37-39-46)47-32-18-35-52-50-30-16-17-31-51(50)53(43-24-10-3-11-25-43)54(55(47)52)44-26-12-4-13-27-44/h1-39H. The second-order valence-corrected chi connectivity index (χ2v) is 14.4. The van der Waals surface area contributed by atoms with E-state index in [0.717, 1.165) is 17.1 Å². The average Bonchev–Trinajstić information content (AvgIpc) is 3.30. The maximum atomic E-state index is 2.42. The lowest BCUT2D eigenvalue weighted by molar-refractivity contribution is 1.28. The molecule has 0 saturated heterocycles. The van der Waals surface area contributed by atoms with Gasteiger partial charge >= 0.3 is 0 Å². The van der Waals surface area contributed by atoms with Crippen LogP contribution in [0.25, 0.3) is 77.2 Å². The minimum Gasteiger partial charge on any atom is -0.309 e. The first kappa shape index (κ1) is 34.0. The molecule has 0 atom stereocenters. The lowest BCUT2D eigenvalue weighted by atomic mass is 9.82. The lowest BCUT2D eigenvalue weighted by Crippen LogP contribution is -2.12. The van der Waals surface area contributed by atoms with E-state index < -0.39 is 0 Å². The Morgan fingerprint density at radius 2 is 0.614 bits per heavy atom. The zero-order valence-electron chi connectivity index (χ0n) is 31.5. The van der Waals surface area contributed by atoms with Gasteiger partial charge < -0.3 is 4.90 Å². The van der Waals surface area contributed by atoms with E-state index in [0.29, 0.717) is 0 Å². The van der Waals surface area contributed by atoms with E-state index in [4.69, 9.17) is 0 Å². The molecule has 0 heterocycles. The molecule has 0 aliphatic rings. The highest BCUT2D eigenvalue weighted by molar-refractivity contribution is 6.24. The molecule has 0 amide bonds. The summed E-state index contributed by atoms with van der Waals surface area (Å²) in [5.41, 5.74) is 15.3. The van der Waals surface area contributed by atoms with Crippen LogP contribution in [0.5, 0.6) is 0 Å². The van der Waals surface area contributed by atoms with Gasteiger partial charge in [0, 0.05) is 22.5 Å². The van der Waals surface area contributed by atoms with Gasteiger partial charge in [0.15, 0.2) is 0 Å². The van der Waals surface area contributed by atoms with Gasteiger partial charge in [0.2, 0.25) is 0 Å². The molecule has 0 aromatic heterocycles. The van der Waals surface area contributed by atoms with Crippen LogP contribution in [0.15, 0.2) is 237 Å². The van der Waals surface area contributed by atoms with Gasteiger partial charge in [-0.05, 0) is 90.3 Å². The van der Waals surface area contributed by atoms with E-state index in [-0.39, 0.29) is 0 Å². The Morgan fingerprint density at radius 3 is 1.18 bits per heavy atom. The van der Waals surface area contributed by atoms with Crippen LogP contribution in [-0.2, 0) is 0 Å². The molecule has 0 saturated carbocycles. The van der Waals surface area contributed by atoms with Gasteiger partial charge in [-0.15, -0.1) is 0 Å².